The molecule has 0 atom stereocenters. The number of anilines is 6. The van der Waals surface area contributed by atoms with E-state index in [0.717, 1.165) is 29.9 Å². The maximum absolute atomic E-state index is 14.6. The Morgan fingerprint density at radius 3 is 2.88 bits per heavy atom. The number of aromatic nitrogens is 2. The molecule has 1 amide bonds. The fourth-order valence-corrected chi connectivity index (χ4v) is 3.32. The third kappa shape index (κ3) is 5.20. The van der Waals surface area contributed by atoms with Crippen molar-refractivity contribution >= 4 is 40.4 Å². The zero-order valence-corrected chi connectivity index (χ0v) is 17.8. The molecule has 0 bridgehead atoms. The Balaban J connectivity index is 0.00000306. The van der Waals surface area contributed by atoms with Crippen LogP contribution in [-0.2, 0) is 4.79 Å². The van der Waals surface area contributed by atoms with Crippen molar-refractivity contribution in [3.63, 3.8) is 0 Å². The molecular weight excluding hydrogens is 423 g/mol. The summed E-state index contributed by atoms with van der Waals surface area (Å²) >= 11 is 0. The molecule has 9 heteroatoms. The van der Waals surface area contributed by atoms with Crippen LogP contribution in [0.5, 0.6) is 5.75 Å². The zero-order valence-electron chi connectivity index (χ0n) is 17.8. The Kier molecular flexibility index (Phi) is 7.12. The number of amides is 1. The molecule has 33 heavy (non-hydrogen) atoms. The molecule has 2 aromatic carbocycles. The number of benzene rings is 2. The summed E-state index contributed by atoms with van der Waals surface area (Å²) in [6.45, 7) is 4.88. The van der Waals surface area contributed by atoms with E-state index in [0.29, 0.717) is 18.0 Å². The van der Waals surface area contributed by atoms with Crippen molar-refractivity contribution in [2.45, 2.75) is 7.43 Å². The summed E-state index contributed by atoms with van der Waals surface area (Å²) < 4.78 is 20.3. The van der Waals surface area contributed by atoms with Gasteiger partial charge in [0.15, 0.2) is 11.6 Å². The molecule has 4 rings (SSSR count). The first-order chi connectivity index (χ1) is 15.4. The number of carbonyl (C=O) groups excluding carboxylic acids is 1. The minimum atomic E-state index is -0.572. The van der Waals surface area contributed by atoms with Crippen LogP contribution in [-0.4, -0.2) is 43.1 Å². The summed E-state index contributed by atoms with van der Waals surface area (Å²) in [5.41, 5.74) is 2.92. The van der Waals surface area contributed by atoms with E-state index in [-0.39, 0.29) is 25.1 Å². The summed E-state index contributed by atoms with van der Waals surface area (Å²) in [4.78, 5) is 23.7. The first kappa shape index (κ1) is 23.5. The summed E-state index contributed by atoms with van der Waals surface area (Å²) in [5, 5.41) is 5.82. The van der Waals surface area contributed by atoms with E-state index < -0.39 is 5.82 Å². The lowest BCUT2D eigenvalue weighted by atomic mass is 10.2. The highest BCUT2D eigenvalue weighted by Crippen LogP contribution is 2.34. The fourth-order valence-electron chi connectivity index (χ4n) is 3.32. The summed E-state index contributed by atoms with van der Waals surface area (Å²) in [6, 6.07) is 12.7. The van der Waals surface area contributed by atoms with Crippen LogP contribution in [0.15, 0.2) is 61.3 Å². The molecule has 8 nitrogen and oxygen atoms in total. The van der Waals surface area contributed by atoms with Gasteiger partial charge in [-0.05, 0) is 42.5 Å². The highest BCUT2D eigenvalue weighted by Gasteiger charge is 2.17. The summed E-state index contributed by atoms with van der Waals surface area (Å²) in [6.07, 6.45) is 2.31. The predicted octanol–water partition coefficient (Wildman–Crippen LogP) is 4.72. The molecule has 0 aliphatic carbocycles. The van der Waals surface area contributed by atoms with Gasteiger partial charge in [0.05, 0.1) is 18.4 Å². The Morgan fingerprint density at radius 2 is 2.09 bits per heavy atom. The standard InChI is InChI=1S/C23H23FN6O2.CH4/c1-4-21(31)26-15-6-5-7-17(12-15)30(3)22-18(24)14-25-23(28-22)27-16-8-9-20-19(13-16)29(2)10-11-32-20;/h4-9,12-14H,1,10-11H2,2-3H3,(H,26,31)(H,25,27,28);1H4. The van der Waals surface area contributed by atoms with E-state index in [2.05, 4.69) is 32.1 Å². The Morgan fingerprint density at radius 1 is 1.27 bits per heavy atom. The van der Waals surface area contributed by atoms with Gasteiger partial charge in [0.1, 0.15) is 12.4 Å². The molecule has 0 unspecified atom stereocenters. The van der Waals surface area contributed by atoms with Crippen LogP contribution in [0.3, 0.4) is 0 Å². The molecule has 1 aromatic heterocycles. The quantitative estimate of drug-likeness (QED) is 0.526. The second kappa shape index (κ2) is 9.99. The number of nitrogens with zero attached hydrogens (tertiary/aromatic N) is 4. The molecule has 0 saturated heterocycles. The van der Waals surface area contributed by atoms with Crippen molar-refractivity contribution < 1.29 is 13.9 Å². The van der Waals surface area contributed by atoms with Crippen LogP contribution in [0.4, 0.5) is 38.9 Å². The molecule has 0 fully saturated rings. The SMILES string of the molecule is C.C=CC(=O)Nc1cccc(N(C)c2nc(Nc3ccc4c(c3)N(C)CCO4)ncc2F)c1. The summed E-state index contributed by atoms with van der Waals surface area (Å²) in [5.74, 6) is 0.257. The lowest BCUT2D eigenvalue weighted by Gasteiger charge is -2.28. The highest BCUT2D eigenvalue weighted by atomic mass is 19.1. The highest BCUT2D eigenvalue weighted by molar-refractivity contribution is 5.99. The molecular formula is C24H27FN6O2. The third-order valence-corrected chi connectivity index (χ3v) is 5.04. The number of fused-ring (bicyclic) bond motifs is 1. The van der Waals surface area contributed by atoms with Crippen molar-refractivity contribution in [3.05, 3.63) is 67.1 Å². The van der Waals surface area contributed by atoms with E-state index in [4.69, 9.17) is 4.74 Å². The average molecular weight is 451 g/mol. The average Bonchev–Trinajstić information content (AvgIpc) is 2.80. The minimum Gasteiger partial charge on any atom is -0.490 e. The van der Waals surface area contributed by atoms with Crippen LogP contribution in [0.1, 0.15) is 7.43 Å². The lowest BCUT2D eigenvalue weighted by Crippen LogP contribution is -2.28. The van der Waals surface area contributed by atoms with E-state index in [1.165, 1.54) is 6.08 Å². The van der Waals surface area contributed by atoms with E-state index in [1.807, 2.05) is 25.2 Å². The van der Waals surface area contributed by atoms with Crippen molar-refractivity contribution in [1.29, 1.82) is 0 Å². The van der Waals surface area contributed by atoms with Gasteiger partial charge >= 0.3 is 0 Å². The van der Waals surface area contributed by atoms with Gasteiger partial charge in [0.25, 0.3) is 0 Å². The number of halogens is 1. The maximum Gasteiger partial charge on any atom is 0.247 e. The van der Waals surface area contributed by atoms with Crippen LogP contribution >= 0.6 is 0 Å². The van der Waals surface area contributed by atoms with Gasteiger partial charge < -0.3 is 25.2 Å². The molecule has 3 aromatic rings. The van der Waals surface area contributed by atoms with Gasteiger partial charge in [0.2, 0.25) is 11.9 Å². The van der Waals surface area contributed by atoms with Crippen molar-refractivity contribution in [1.82, 2.24) is 9.97 Å². The first-order valence-electron chi connectivity index (χ1n) is 9.99. The van der Waals surface area contributed by atoms with Crippen LogP contribution in [0.25, 0.3) is 0 Å². The van der Waals surface area contributed by atoms with E-state index in [1.54, 1.807) is 36.2 Å². The molecule has 0 radical (unpaired) electrons. The Bertz CT molecular complexity index is 1170. The van der Waals surface area contributed by atoms with Gasteiger partial charge in [0, 0.05) is 31.2 Å². The number of nitrogens with one attached hydrogen (secondary N) is 2. The third-order valence-electron chi connectivity index (χ3n) is 5.04. The minimum absolute atomic E-state index is 0. The summed E-state index contributed by atoms with van der Waals surface area (Å²) in [7, 11) is 3.69. The fraction of sp³-hybridized carbons (Fsp3) is 0.208. The van der Waals surface area contributed by atoms with Crippen molar-refractivity contribution in [2.24, 2.45) is 0 Å². The molecule has 0 saturated carbocycles. The van der Waals surface area contributed by atoms with Crippen LogP contribution in [0, 0.1) is 5.82 Å². The number of carbonyl (C=O) groups is 1. The molecule has 2 heterocycles. The predicted molar refractivity (Wildman–Crippen MR) is 131 cm³/mol. The number of ether oxygens (including phenoxy) is 1. The second-order valence-corrected chi connectivity index (χ2v) is 7.25. The number of hydrogen-bond acceptors (Lipinski definition) is 7. The first-order valence-corrected chi connectivity index (χ1v) is 9.99. The topological polar surface area (TPSA) is 82.6 Å². The normalized spacial score (nSPS) is 12.0. The molecule has 1 aliphatic heterocycles. The number of hydrogen-bond donors (Lipinski definition) is 2. The second-order valence-electron chi connectivity index (χ2n) is 7.25. The van der Waals surface area contributed by atoms with Gasteiger partial charge in [-0.1, -0.05) is 20.1 Å². The number of likely N-dealkylation sites (N-methyl/N-ethyl adjacent to an activating group) is 1. The zero-order chi connectivity index (χ0) is 22.7. The van der Waals surface area contributed by atoms with Crippen LogP contribution < -0.4 is 25.2 Å². The Labute approximate surface area is 192 Å². The Hall–Kier alpha value is -4.14. The largest absolute Gasteiger partial charge is 0.490 e. The molecule has 0 spiro atoms. The van der Waals surface area contributed by atoms with Crippen molar-refractivity contribution in [3.8, 4) is 5.75 Å². The monoisotopic (exact) mass is 450 g/mol. The van der Waals surface area contributed by atoms with Gasteiger partial charge in [-0.15, -0.1) is 0 Å². The van der Waals surface area contributed by atoms with E-state index in [9.17, 15) is 9.18 Å². The van der Waals surface area contributed by atoms with Gasteiger partial charge in [-0.25, -0.2) is 9.37 Å². The molecule has 1 aliphatic rings. The maximum atomic E-state index is 14.6. The van der Waals surface area contributed by atoms with Gasteiger partial charge in [-0.3, -0.25) is 4.79 Å². The lowest BCUT2D eigenvalue weighted by molar-refractivity contribution is -0.111. The van der Waals surface area contributed by atoms with Crippen LogP contribution in [0.2, 0.25) is 0 Å². The smallest absolute Gasteiger partial charge is 0.247 e. The van der Waals surface area contributed by atoms with Gasteiger partial charge in [-0.2, -0.15) is 4.98 Å². The number of rotatable bonds is 6. The molecule has 2 N–H and O–H groups in total. The van der Waals surface area contributed by atoms with Crippen molar-refractivity contribution in [2.75, 3.05) is 47.7 Å². The van der Waals surface area contributed by atoms with E-state index >= 15 is 0 Å². The molecule has 172 valence electrons.